The molecule has 2 heterocycles. The monoisotopic (exact) mass is 277 g/mol. The van der Waals surface area contributed by atoms with Gasteiger partial charge < -0.3 is 14.6 Å². The summed E-state index contributed by atoms with van der Waals surface area (Å²) in [5, 5.41) is 9.09. The highest BCUT2D eigenvalue weighted by Crippen LogP contribution is 2.43. The van der Waals surface area contributed by atoms with Crippen LogP contribution in [0.4, 0.5) is 0 Å². The number of ether oxygens (including phenoxy) is 2. The van der Waals surface area contributed by atoms with Crippen molar-refractivity contribution in [2.45, 2.75) is 50.2 Å². The maximum Gasteiger partial charge on any atom is 0.339 e. The third-order valence-electron chi connectivity index (χ3n) is 4.29. The summed E-state index contributed by atoms with van der Waals surface area (Å²) in [4.78, 5) is 15.0. The van der Waals surface area contributed by atoms with Crippen LogP contribution in [0.2, 0.25) is 0 Å². The Morgan fingerprint density at radius 3 is 3.00 bits per heavy atom. The van der Waals surface area contributed by atoms with Gasteiger partial charge in [0.15, 0.2) is 5.75 Å². The molecule has 0 bridgehead atoms. The van der Waals surface area contributed by atoms with Crippen LogP contribution in [0.15, 0.2) is 18.5 Å². The fourth-order valence-corrected chi connectivity index (χ4v) is 3.25. The first-order valence-electron chi connectivity index (χ1n) is 7.16. The van der Waals surface area contributed by atoms with Crippen LogP contribution in [0.25, 0.3) is 0 Å². The van der Waals surface area contributed by atoms with Gasteiger partial charge in [-0.25, -0.2) is 4.79 Å². The first kappa shape index (κ1) is 13.4. The zero-order valence-corrected chi connectivity index (χ0v) is 11.4. The van der Waals surface area contributed by atoms with E-state index >= 15 is 0 Å². The average molecular weight is 277 g/mol. The number of hydrogen-bond donors (Lipinski definition) is 1. The molecule has 1 aromatic heterocycles. The summed E-state index contributed by atoms with van der Waals surface area (Å²) in [7, 11) is 0. The van der Waals surface area contributed by atoms with E-state index < -0.39 is 5.97 Å². The summed E-state index contributed by atoms with van der Waals surface area (Å²) in [6.07, 6.45) is 9.85. The summed E-state index contributed by atoms with van der Waals surface area (Å²) in [6, 6.07) is 1.45. The summed E-state index contributed by atoms with van der Waals surface area (Å²) < 4.78 is 11.8. The van der Waals surface area contributed by atoms with Crippen molar-refractivity contribution in [3.8, 4) is 5.75 Å². The Labute approximate surface area is 117 Å². The van der Waals surface area contributed by atoms with Crippen LogP contribution < -0.4 is 4.74 Å². The van der Waals surface area contributed by atoms with Crippen molar-refractivity contribution < 1.29 is 19.4 Å². The number of carboxylic acids is 1. The van der Waals surface area contributed by atoms with Crippen LogP contribution in [0.1, 0.15) is 48.9 Å². The number of pyridine rings is 1. The second-order valence-electron chi connectivity index (χ2n) is 5.66. The van der Waals surface area contributed by atoms with E-state index in [0.29, 0.717) is 12.4 Å². The molecule has 0 aromatic carbocycles. The highest BCUT2D eigenvalue weighted by Gasteiger charge is 2.42. The molecule has 108 valence electrons. The van der Waals surface area contributed by atoms with Gasteiger partial charge in [0, 0.05) is 6.20 Å². The maximum absolute atomic E-state index is 11.1. The molecule has 1 saturated carbocycles. The minimum absolute atomic E-state index is 0.0648. The number of aromatic carboxylic acids is 1. The number of aromatic nitrogens is 1. The molecule has 1 N–H and O–H groups in total. The van der Waals surface area contributed by atoms with Gasteiger partial charge in [0.25, 0.3) is 0 Å². The fraction of sp³-hybridized carbons (Fsp3) is 0.600. The molecule has 2 fully saturated rings. The van der Waals surface area contributed by atoms with Crippen molar-refractivity contribution in [3.05, 3.63) is 24.0 Å². The van der Waals surface area contributed by atoms with E-state index in [1.165, 1.54) is 31.3 Å². The van der Waals surface area contributed by atoms with Gasteiger partial charge in [0.05, 0.1) is 17.9 Å². The number of nitrogens with zero attached hydrogens (tertiary/aromatic N) is 1. The number of carbonyl (C=O) groups is 1. The molecule has 1 aliphatic heterocycles. The molecule has 0 radical (unpaired) electrons. The average Bonchev–Trinajstić information content (AvgIpc) is 3.07. The third kappa shape index (κ3) is 2.63. The molecule has 1 aromatic rings. The van der Waals surface area contributed by atoms with Crippen molar-refractivity contribution in [1.29, 1.82) is 0 Å². The van der Waals surface area contributed by atoms with Crippen LogP contribution in [0.5, 0.6) is 5.75 Å². The molecule has 20 heavy (non-hydrogen) atoms. The van der Waals surface area contributed by atoms with Crippen molar-refractivity contribution in [2.75, 3.05) is 6.61 Å². The van der Waals surface area contributed by atoms with Crippen LogP contribution in [-0.4, -0.2) is 34.4 Å². The fourth-order valence-electron chi connectivity index (χ4n) is 3.25. The summed E-state index contributed by atoms with van der Waals surface area (Å²) >= 11 is 0. The van der Waals surface area contributed by atoms with Gasteiger partial charge in [0.1, 0.15) is 12.2 Å². The lowest BCUT2D eigenvalue weighted by molar-refractivity contribution is -0.0510. The van der Waals surface area contributed by atoms with Crippen molar-refractivity contribution in [2.24, 2.45) is 0 Å². The minimum atomic E-state index is -0.998. The number of rotatable bonds is 4. The quantitative estimate of drug-likeness (QED) is 0.916. The topological polar surface area (TPSA) is 68.7 Å². The van der Waals surface area contributed by atoms with Crippen molar-refractivity contribution in [1.82, 2.24) is 4.98 Å². The lowest BCUT2D eigenvalue weighted by Gasteiger charge is -2.23. The van der Waals surface area contributed by atoms with E-state index in [0.717, 1.165) is 25.7 Å². The largest absolute Gasteiger partial charge is 0.488 e. The zero-order chi connectivity index (χ0) is 14.0. The molecule has 5 heteroatoms. The highest BCUT2D eigenvalue weighted by atomic mass is 16.6. The molecule has 3 rings (SSSR count). The Hall–Kier alpha value is -1.62. The van der Waals surface area contributed by atoms with Gasteiger partial charge in [-0.2, -0.15) is 0 Å². The summed E-state index contributed by atoms with van der Waals surface area (Å²) in [5.74, 6) is -0.682. The first-order valence-corrected chi connectivity index (χ1v) is 7.16. The molecular weight excluding hydrogens is 258 g/mol. The maximum atomic E-state index is 11.1. The Morgan fingerprint density at radius 1 is 1.45 bits per heavy atom. The standard InChI is InChI=1S/C15H19NO4/c17-14(18)12-4-8-16-9-13(12)19-10-11-3-7-15(20-11)5-1-2-6-15/h4,8-9,11H,1-3,5-7,10H2,(H,17,18). The molecule has 1 spiro atoms. The number of carboxylic acid groups (broad SMARTS) is 1. The van der Waals surface area contributed by atoms with Crippen LogP contribution in [0, 0.1) is 0 Å². The Balaban J connectivity index is 1.59. The van der Waals surface area contributed by atoms with Crippen LogP contribution in [0.3, 0.4) is 0 Å². The van der Waals surface area contributed by atoms with Gasteiger partial charge in [0.2, 0.25) is 0 Å². The van der Waals surface area contributed by atoms with Crippen molar-refractivity contribution >= 4 is 5.97 Å². The van der Waals surface area contributed by atoms with E-state index in [2.05, 4.69) is 4.98 Å². The predicted molar refractivity (Wildman–Crippen MR) is 72.0 cm³/mol. The van der Waals surface area contributed by atoms with Crippen LogP contribution in [-0.2, 0) is 4.74 Å². The van der Waals surface area contributed by atoms with Gasteiger partial charge in [-0.15, -0.1) is 0 Å². The third-order valence-corrected chi connectivity index (χ3v) is 4.29. The van der Waals surface area contributed by atoms with Gasteiger partial charge >= 0.3 is 5.97 Å². The van der Waals surface area contributed by atoms with Gasteiger partial charge in [-0.1, -0.05) is 12.8 Å². The molecule has 1 atom stereocenters. The van der Waals surface area contributed by atoms with Gasteiger partial charge in [-0.3, -0.25) is 4.98 Å². The van der Waals surface area contributed by atoms with E-state index in [1.807, 2.05) is 0 Å². The van der Waals surface area contributed by atoms with Gasteiger partial charge in [-0.05, 0) is 31.7 Å². The molecule has 2 aliphatic rings. The van der Waals surface area contributed by atoms with Crippen molar-refractivity contribution in [3.63, 3.8) is 0 Å². The Bertz CT molecular complexity index is 496. The Kier molecular flexibility index (Phi) is 3.61. The SMILES string of the molecule is O=C(O)c1ccncc1OCC1CCC2(CCCC2)O1. The van der Waals surface area contributed by atoms with E-state index in [-0.39, 0.29) is 17.3 Å². The molecule has 5 nitrogen and oxygen atoms in total. The lowest BCUT2D eigenvalue weighted by Crippen LogP contribution is -2.27. The Morgan fingerprint density at radius 2 is 2.25 bits per heavy atom. The molecule has 1 saturated heterocycles. The zero-order valence-electron chi connectivity index (χ0n) is 11.4. The normalized spacial score (nSPS) is 24.1. The second-order valence-corrected chi connectivity index (χ2v) is 5.66. The van der Waals surface area contributed by atoms with Crippen LogP contribution >= 0.6 is 0 Å². The molecule has 1 unspecified atom stereocenters. The van der Waals surface area contributed by atoms with E-state index in [4.69, 9.17) is 14.6 Å². The van der Waals surface area contributed by atoms with E-state index in [1.54, 1.807) is 0 Å². The minimum Gasteiger partial charge on any atom is -0.488 e. The second kappa shape index (κ2) is 5.40. The molecule has 1 aliphatic carbocycles. The summed E-state index contributed by atoms with van der Waals surface area (Å²) in [5.41, 5.74) is 0.229. The summed E-state index contributed by atoms with van der Waals surface area (Å²) in [6.45, 7) is 0.397. The highest BCUT2D eigenvalue weighted by molar-refractivity contribution is 5.90. The molecule has 0 amide bonds. The van der Waals surface area contributed by atoms with E-state index in [9.17, 15) is 4.79 Å². The first-order chi connectivity index (χ1) is 9.69. The smallest absolute Gasteiger partial charge is 0.339 e. The predicted octanol–water partition coefficient (Wildman–Crippen LogP) is 2.65. The lowest BCUT2D eigenvalue weighted by atomic mass is 9.98. The molecular formula is C15H19NO4. The number of hydrogen-bond acceptors (Lipinski definition) is 4.